The second-order valence-corrected chi connectivity index (χ2v) is 7.31. The number of nitrogens with zero attached hydrogens (tertiary/aromatic N) is 2. The molecular formula is C20H30Cl2N4O3. The number of likely N-dealkylation sites (tertiary alicyclic amines) is 1. The lowest BCUT2D eigenvalue weighted by atomic mass is 9.96. The second-order valence-electron chi connectivity index (χ2n) is 7.31. The number of nitrogens with one attached hydrogen (secondary N) is 1. The molecule has 29 heavy (non-hydrogen) atoms. The summed E-state index contributed by atoms with van der Waals surface area (Å²) in [4.78, 5) is 29.3. The Bertz CT molecular complexity index is 825. The minimum Gasteiger partial charge on any atom is -0.451 e. The van der Waals surface area contributed by atoms with Crippen molar-refractivity contribution >= 4 is 47.6 Å². The van der Waals surface area contributed by atoms with Gasteiger partial charge in [-0.05, 0) is 33.0 Å². The maximum absolute atomic E-state index is 13.2. The molecule has 1 aromatic heterocycles. The highest BCUT2D eigenvalue weighted by atomic mass is 35.5. The van der Waals surface area contributed by atoms with E-state index in [0.29, 0.717) is 44.1 Å². The van der Waals surface area contributed by atoms with Gasteiger partial charge in [-0.2, -0.15) is 0 Å². The van der Waals surface area contributed by atoms with Gasteiger partial charge in [0.1, 0.15) is 5.58 Å². The molecule has 7 nitrogen and oxygen atoms in total. The molecule has 2 heterocycles. The third-order valence-electron chi connectivity index (χ3n) is 4.89. The number of amides is 2. The van der Waals surface area contributed by atoms with Gasteiger partial charge in [0.25, 0.3) is 5.91 Å². The zero-order chi connectivity index (χ0) is 19.4. The number of hydrogen-bond acceptors (Lipinski definition) is 5. The number of fused-ring (bicyclic) bond motifs is 1. The van der Waals surface area contributed by atoms with E-state index in [1.807, 2.05) is 43.3 Å². The summed E-state index contributed by atoms with van der Waals surface area (Å²) in [5.74, 6) is 0.0132. The van der Waals surface area contributed by atoms with Crippen molar-refractivity contribution in [2.75, 3.05) is 40.3 Å². The molecule has 1 aliphatic rings. The smallest absolute Gasteiger partial charge is 0.289 e. The van der Waals surface area contributed by atoms with Crippen LogP contribution in [0.5, 0.6) is 0 Å². The molecule has 1 saturated heterocycles. The summed E-state index contributed by atoms with van der Waals surface area (Å²) in [6.45, 7) is 2.53. The van der Waals surface area contributed by atoms with Gasteiger partial charge in [-0.3, -0.25) is 9.59 Å². The molecule has 1 unspecified atom stereocenters. The van der Waals surface area contributed by atoms with Crippen molar-refractivity contribution in [3.8, 4) is 0 Å². The predicted octanol–water partition coefficient (Wildman–Crippen LogP) is 2.27. The van der Waals surface area contributed by atoms with Gasteiger partial charge in [0.2, 0.25) is 5.91 Å². The van der Waals surface area contributed by atoms with Crippen LogP contribution in [-0.4, -0.2) is 61.9 Å². The van der Waals surface area contributed by atoms with Crippen LogP contribution in [-0.2, 0) is 11.3 Å². The minimum atomic E-state index is -0.198. The number of piperidine rings is 1. The van der Waals surface area contributed by atoms with Gasteiger partial charge in [0.05, 0.1) is 5.92 Å². The number of hydrogen-bond donors (Lipinski definition) is 2. The molecule has 1 aromatic carbocycles. The average molecular weight is 445 g/mol. The number of carbonyl (C=O) groups excluding carboxylic acids is 2. The number of carbonyl (C=O) groups is 2. The summed E-state index contributed by atoms with van der Waals surface area (Å²) in [5.41, 5.74) is 7.07. The molecule has 1 fully saturated rings. The molecule has 1 aliphatic heterocycles. The van der Waals surface area contributed by atoms with Crippen LogP contribution < -0.4 is 11.1 Å². The van der Waals surface area contributed by atoms with Crippen molar-refractivity contribution in [1.29, 1.82) is 0 Å². The van der Waals surface area contributed by atoms with Crippen LogP contribution in [0.15, 0.2) is 28.7 Å². The Morgan fingerprint density at radius 3 is 2.69 bits per heavy atom. The molecule has 3 rings (SSSR count). The fraction of sp³-hybridized carbons (Fsp3) is 0.500. The summed E-state index contributed by atoms with van der Waals surface area (Å²) in [7, 11) is 3.93. The summed E-state index contributed by atoms with van der Waals surface area (Å²) in [5, 5.41) is 3.79. The Labute approximate surface area is 183 Å². The molecule has 2 aromatic rings. The highest BCUT2D eigenvalue weighted by molar-refractivity contribution is 5.99. The molecule has 0 aliphatic carbocycles. The third kappa shape index (κ3) is 5.85. The first-order chi connectivity index (χ1) is 13.0. The summed E-state index contributed by atoms with van der Waals surface area (Å²) in [6.07, 6.45) is 1.58. The van der Waals surface area contributed by atoms with Crippen LogP contribution in [0, 0.1) is 5.92 Å². The monoisotopic (exact) mass is 444 g/mol. The van der Waals surface area contributed by atoms with Crippen molar-refractivity contribution in [3.05, 3.63) is 35.6 Å². The Kier molecular flexibility index (Phi) is 9.92. The third-order valence-corrected chi connectivity index (χ3v) is 4.89. The topological polar surface area (TPSA) is 91.8 Å². The predicted molar refractivity (Wildman–Crippen MR) is 119 cm³/mol. The minimum absolute atomic E-state index is 0. The quantitative estimate of drug-likeness (QED) is 0.712. The van der Waals surface area contributed by atoms with E-state index in [0.717, 1.165) is 23.8 Å². The van der Waals surface area contributed by atoms with Gasteiger partial charge < -0.3 is 25.3 Å². The average Bonchev–Trinajstić information content (AvgIpc) is 3.03. The standard InChI is InChI=1S/C20H28N4O3.2ClH/c1-23(2)13-16-15-7-3-4-8-17(15)27-18(16)20(26)24-11-5-6-14(12-24)19(25)22-10-9-21;;/h3-4,7-8,14H,5-6,9-13,21H2,1-2H3,(H,22,25);2*1H. The maximum Gasteiger partial charge on any atom is 0.289 e. The van der Waals surface area contributed by atoms with Crippen molar-refractivity contribution in [3.63, 3.8) is 0 Å². The Morgan fingerprint density at radius 1 is 1.28 bits per heavy atom. The van der Waals surface area contributed by atoms with E-state index < -0.39 is 0 Å². The Balaban J connectivity index is 0.00000210. The molecule has 0 spiro atoms. The van der Waals surface area contributed by atoms with Crippen LogP contribution in [0.3, 0.4) is 0 Å². The van der Waals surface area contributed by atoms with Crippen LogP contribution in [0.4, 0.5) is 0 Å². The van der Waals surface area contributed by atoms with Gasteiger partial charge in [-0.15, -0.1) is 24.8 Å². The van der Waals surface area contributed by atoms with Gasteiger partial charge >= 0.3 is 0 Å². The van der Waals surface area contributed by atoms with E-state index in [1.165, 1.54) is 0 Å². The number of nitrogens with two attached hydrogens (primary N) is 1. The van der Waals surface area contributed by atoms with Crippen LogP contribution in [0.2, 0.25) is 0 Å². The first-order valence-electron chi connectivity index (χ1n) is 9.43. The lowest BCUT2D eigenvalue weighted by Crippen LogP contribution is -2.46. The lowest BCUT2D eigenvalue weighted by Gasteiger charge is -2.31. The zero-order valence-electron chi connectivity index (χ0n) is 16.8. The molecule has 3 N–H and O–H groups in total. The first-order valence-corrected chi connectivity index (χ1v) is 9.43. The Hall–Kier alpha value is -1.80. The van der Waals surface area contributed by atoms with E-state index in [9.17, 15) is 9.59 Å². The van der Waals surface area contributed by atoms with Gasteiger partial charge in [0, 0.05) is 43.7 Å². The van der Waals surface area contributed by atoms with E-state index in [4.69, 9.17) is 10.2 Å². The molecule has 0 saturated carbocycles. The van der Waals surface area contributed by atoms with E-state index in [2.05, 4.69) is 5.32 Å². The van der Waals surface area contributed by atoms with Crippen molar-refractivity contribution in [1.82, 2.24) is 15.1 Å². The molecular weight excluding hydrogens is 415 g/mol. The fourth-order valence-electron chi connectivity index (χ4n) is 3.60. The zero-order valence-corrected chi connectivity index (χ0v) is 18.5. The number of benzene rings is 1. The van der Waals surface area contributed by atoms with E-state index >= 15 is 0 Å². The van der Waals surface area contributed by atoms with Crippen LogP contribution in [0.25, 0.3) is 11.0 Å². The highest BCUT2D eigenvalue weighted by Gasteiger charge is 2.32. The Morgan fingerprint density at radius 2 is 2.00 bits per heavy atom. The number of rotatable bonds is 6. The van der Waals surface area contributed by atoms with Gasteiger partial charge in [-0.25, -0.2) is 0 Å². The molecule has 162 valence electrons. The number of para-hydroxylation sites is 1. The first kappa shape index (κ1) is 25.2. The normalized spacial score (nSPS) is 16.3. The molecule has 0 radical (unpaired) electrons. The molecule has 2 amide bonds. The van der Waals surface area contributed by atoms with Crippen LogP contribution in [0.1, 0.15) is 29.0 Å². The molecule has 1 atom stereocenters. The van der Waals surface area contributed by atoms with E-state index in [1.54, 1.807) is 4.90 Å². The number of halogens is 2. The fourth-order valence-corrected chi connectivity index (χ4v) is 3.60. The van der Waals surface area contributed by atoms with Crippen molar-refractivity contribution in [2.45, 2.75) is 19.4 Å². The molecule has 0 bridgehead atoms. The highest BCUT2D eigenvalue weighted by Crippen LogP contribution is 2.29. The van der Waals surface area contributed by atoms with Crippen molar-refractivity contribution in [2.24, 2.45) is 11.7 Å². The van der Waals surface area contributed by atoms with Gasteiger partial charge in [-0.1, -0.05) is 18.2 Å². The lowest BCUT2D eigenvalue weighted by molar-refractivity contribution is -0.126. The second kappa shape index (κ2) is 11.4. The molecule has 9 heteroatoms. The number of furan rings is 1. The summed E-state index contributed by atoms with van der Waals surface area (Å²) < 4.78 is 5.94. The SMILES string of the molecule is CN(C)Cc1c(C(=O)N2CCCC(C(=O)NCCN)C2)oc2ccccc12.Cl.Cl. The largest absolute Gasteiger partial charge is 0.451 e. The van der Waals surface area contributed by atoms with Crippen molar-refractivity contribution < 1.29 is 14.0 Å². The summed E-state index contributed by atoms with van der Waals surface area (Å²) in [6, 6.07) is 7.71. The maximum atomic E-state index is 13.2. The van der Waals surface area contributed by atoms with Crippen LogP contribution >= 0.6 is 24.8 Å². The van der Waals surface area contributed by atoms with Gasteiger partial charge in [0.15, 0.2) is 5.76 Å². The van der Waals surface area contributed by atoms with E-state index in [-0.39, 0.29) is 42.5 Å². The summed E-state index contributed by atoms with van der Waals surface area (Å²) >= 11 is 0.